The minimum absolute atomic E-state index is 0.795. The molecule has 0 bridgehead atoms. The van der Waals surface area contributed by atoms with Gasteiger partial charge < -0.3 is 0 Å². The standard InChI is InChI=1S/C45H29N3S/c1-5-16-30(17-6-1)34-25-15-26-37(45-40(32-20-9-3-10-21-32)44(46-48-47-45)33-22-11-4-12-23-33)41(34)43-35(31-18-7-2-8-19-31)28-29-39-42(43)36-24-13-14-27-38(36)49-39/h1-29H. The van der Waals surface area contributed by atoms with Crippen LogP contribution in [-0.2, 0) is 0 Å². The third-order valence-electron chi connectivity index (χ3n) is 9.16. The molecular formula is C45H29N3S. The molecule has 0 aliphatic rings. The van der Waals surface area contributed by atoms with Gasteiger partial charge in [-0.05, 0) is 45.2 Å². The molecule has 0 atom stereocenters. The lowest BCUT2D eigenvalue weighted by Gasteiger charge is -2.22. The van der Waals surface area contributed by atoms with Gasteiger partial charge >= 0.3 is 0 Å². The Hall–Kier alpha value is -6.23. The molecule has 0 saturated carbocycles. The van der Waals surface area contributed by atoms with E-state index in [-0.39, 0.29) is 0 Å². The Kier molecular flexibility index (Phi) is 7.34. The summed E-state index contributed by atoms with van der Waals surface area (Å²) in [6, 6.07) is 62.1. The lowest BCUT2D eigenvalue weighted by atomic mass is 9.82. The molecule has 3 nitrogen and oxygen atoms in total. The van der Waals surface area contributed by atoms with Gasteiger partial charge in [-0.15, -0.1) is 21.5 Å². The van der Waals surface area contributed by atoms with Crippen LogP contribution in [0.15, 0.2) is 176 Å². The predicted octanol–water partition coefficient (Wildman–Crippen LogP) is 12.2. The third kappa shape index (κ3) is 5.10. The van der Waals surface area contributed by atoms with E-state index in [0.717, 1.165) is 55.9 Å². The van der Waals surface area contributed by atoms with Crippen molar-refractivity contribution < 1.29 is 0 Å². The van der Waals surface area contributed by atoms with Gasteiger partial charge in [-0.3, -0.25) is 0 Å². The summed E-state index contributed by atoms with van der Waals surface area (Å²) in [6.07, 6.45) is 0. The van der Waals surface area contributed by atoms with Gasteiger partial charge in [0.2, 0.25) is 0 Å². The number of aromatic nitrogens is 3. The van der Waals surface area contributed by atoms with Crippen LogP contribution in [0.1, 0.15) is 0 Å². The Morgan fingerprint density at radius 1 is 0.327 bits per heavy atom. The highest BCUT2D eigenvalue weighted by Crippen LogP contribution is 2.51. The van der Waals surface area contributed by atoms with Gasteiger partial charge in [0.25, 0.3) is 0 Å². The zero-order valence-electron chi connectivity index (χ0n) is 26.5. The summed E-state index contributed by atoms with van der Waals surface area (Å²) in [7, 11) is 0. The molecule has 0 radical (unpaired) electrons. The van der Waals surface area contributed by atoms with Crippen LogP contribution in [0.5, 0.6) is 0 Å². The molecule has 0 aliphatic heterocycles. The molecule has 2 aromatic heterocycles. The van der Waals surface area contributed by atoms with Crippen LogP contribution in [0.4, 0.5) is 0 Å². The van der Waals surface area contributed by atoms with Crippen LogP contribution in [0.2, 0.25) is 0 Å². The number of nitrogens with zero attached hydrogens (tertiary/aromatic N) is 3. The SMILES string of the molecule is c1ccc(-c2cccc(-c3nnnc(-c4ccccc4)c3-c3ccccc3)c2-c2c(-c3ccccc3)ccc3sc4ccccc4c23)cc1. The van der Waals surface area contributed by atoms with Gasteiger partial charge in [0, 0.05) is 48.0 Å². The van der Waals surface area contributed by atoms with Gasteiger partial charge in [0.15, 0.2) is 0 Å². The highest BCUT2D eigenvalue weighted by molar-refractivity contribution is 7.26. The van der Waals surface area contributed by atoms with Gasteiger partial charge in [-0.2, -0.15) is 0 Å². The van der Waals surface area contributed by atoms with E-state index >= 15 is 0 Å². The van der Waals surface area contributed by atoms with Crippen molar-refractivity contribution >= 4 is 31.5 Å². The fourth-order valence-electron chi connectivity index (χ4n) is 7.00. The maximum atomic E-state index is 4.91. The van der Waals surface area contributed by atoms with Gasteiger partial charge in [-0.25, -0.2) is 0 Å². The highest BCUT2D eigenvalue weighted by Gasteiger charge is 2.26. The van der Waals surface area contributed by atoms with Crippen LogP contribution in [0.25, 0.3) is 87.2 Å². The molecule has 230 valence electrons. The number of hydrogen-bond donors (Lipinski definition) is 0. The van der Waals surface area contributed by atoms with Crippen molar-refractivity contribution in [2.24, 2.45) is 0 Å². The minimum atomic E-state index is 0.795. The smallest absolute Gasteiger partial charge is 0.105 e. The van der Waals surface area contributed by atoms with E-state index < -0.39 is 0 Å². The predicted molar refractivity (Wildman–Crippen MR) is 205 cm³/mol. The Morgan fingerprint density at radius 3 is 1.53 bits per heavy atom. The van der Waals surface area contributed by atoms with Crippen molar-refractivity contribution in [1.82, 2.24) is 15.4 Å². The molecule has 9 aromatic rings. The summed E-state index contributed by atoms with van der Waals surface area (Å²) in [5.41, 5.74) is 12.5. The fourth-order valence-corrected chi connectivity index (χ4v) is 8.11. The van der Waals surface area contributed by atoms with Gasteiger partial charge in [-0.1, -0.05) is 164 Å². The number of fused-ring (bicyclic) bond motifs is 3. The highest BCUT2D eigenvalue weighted by atomic mass is 32.1. The molecule has 7 aromatic carbocycles. The molecule has 2 heterocycles. The average molecular weight is 644 g/mol. The maximum absolute atomic E-state index is 4.91. The summed E-state index contributed by atoms with van der Waals surface area (Å²) in [5, 5.41) is 16.5. The first-order chi connectivity index (χ1) is 24.3. The quantitative estimate of drug-likeness (QED) is 0.181. The second-order valence-electron chi connectivity index (χ2n) is 12.0. The van der Waals surface area contributed by atoms with Crippen LogP contribution >= 0.6 is 11.3 Å². The van der Waals surface area contributed by atoms with Crippen LogP contribution in [0, 0.1) is 0 Å². The number of rotatable bonds is 6. The fraction of sp³-hybridized carbons (Fsp3) is 0. The maximum Gasteiger partial charge on any atom is 0.105 e. The zero-order chi connectivity index (χ0) is 32.6. The molecule has 0 spiro atoms. The van der Waals surface area contributed by atoms with Crippen molar-refractivity contribution in [3.8, 4) is 67.0 Å². The molecule has 0 amide bonds. The second-order valence-corrected chi connectivity index (χ2v) is 13.1. The van der Waals surface area contributed by atoms with E-state index in [1.807, 2.05) is 35.6 Å². The first kappa shape index (κ1) is 29.0. The molecule has 0 fully saturated rings. The summed E-state index contributed by atoms with van der Waals surface area (Å²) >= 11 is 1.84. The summed E-state index contributed by atoms with van der Waals surface area (Å²) < 4.78 is 2.52. The van der Waals surface area contributed by atoms with Crippen LogP contribution in [-0.4, -0.2) is 15.4 Å². The molecule has 0 aliphatic carbocycles. The molecule has 49 heavy (non-hydrogen) atoms. The topological polar surface area (TPSA) is 38.7 Å². The van der Waals surface area contributed by atoms with Crippen LogP contribution < -0.4 is 0 Å². The largest absolute Gasteiger partial charge is 0.135 e. The molecule has 4 heteroatoms. The van der Waals surface area contributed by atoms with Crippen molar-refractivity contribution in [3.63, 3.8) is 0 Å². The first-order valence-corrected chi connectivity index (χ1v) is 17.2. The first-order valence-electron chi connectivity index (χ1n) is 16.4. The molecule has 0 N–H and O–H groups in total. The average Bonchev–Trinajstić information content (AvgIpc) is 3.57. The third-order valence-corrected chi connectivity index (χ3v) is 10.3. The Morgan fingerprint density at radius 2 is 0.857 bits per heavy atom. The van der Waals surface area contributed by atoms with Crippen molar-refractivity contribution in [3.05, 3.63) is 176 Å². The van der Waals surface area contributed by atoms with Gasteiger partial charge in [0.1, 0.15) is 11.4 Å². The van der Waals surface area contributed by atoms with Gasteiger partial charge in [0.05, 0.1) is 0 Å². The van der Waals surface area contributed by atoms with E-state index in [1.54, 1.807) is 0 Å². The van der Waals surface area contributed by atoms with E-state index in [1.165, 1.54) is 31.3 Å². The Bertz CT molecular complexity index is 2580. The van der Waals surface area contributed by atoms with E-state index in [4.69, 9.17) is 5.10 Å². The zero-order valence-corrected chi connectivity index (χ0v) is 27.3. The molecule has 0 unspecified atom stereocenters. The monoisotopic (exact) mass is 643 g/mol. The van der Waals surface area contributed by atoms with Crippen molar-refractivity contribution in [1.29, 1.82) is 0 Å². The second kappa shape index (κ2) is 12.4. The van der Waals surface area contributed by atoms with E-state index in [0.29, 0.717) is 0 Å². The number of benzene rings is 7. The minimum Gasteiger partial charge on any atom is -0.135 e. The molecule has 9 rings (SSSR count). The lowest BCUT2D eigenvalue weighted by Crippen LogP contribution is -2.02. The normalized spacial score (nSPS) is 11.3. The number of hydrogen-bond acceptors (Lipinski definition) is 4. The van der Waals surface area contributed by atoms with E-state index in [2.05, 4.69) is 162 Å². The number of thiophene rings is 1. The summed E-state index contributed by atoms with van der Waals surface area (Å²) in [6.45, 7) is 0. The van der Waals surface area contributed by atoms with E-state index in [9.17, 15) is 0 Å². The molecule has 0 saturated heterocycles. The Labute approximate surface area is 288 Å². The summed E-state index contributed by atoms with van der Waals surface area (Å²) in [5.74, 6) is 0. The molecular weight excluding hydrogens is 615 g/mol. The summed E-state index contributed by atoms with van der Waals surface area (Å²) in [4.78, 5) is 0. The Balaban J connectivity index is 1.47. The lowest BCUT2D eigenvalue weighted by molar-refractivity contribution is 0.879. The van der Waals surface area contributed by atoms with Crippen molar-refractivity contribution in [2.45, 2.75) is 0 Å². The van der Waals surface area contributed by atoms with Crippen molar-refractivity contribution in [2.75, 3.05) is 0 Å². The van der Waals surface area contributed by atoms with Crippen LogP contribution in [0.3, 0.4) is 0 Å².